The topological polar surface area (TPSA) is 55.1 Å². The number of fused-ring (bicyclic) bond motifs is 1. The molecule has 0 aliphatic heterocycles. The van der Waals surface area contributed by atoms with Crippen molar-refractivity contribution in [1.82, 2.24) is 9.55 Å². The van der Waals surface area contributed by atoms with Crippen molar-refractivity contribution in [1.29, 1.82) is 0 Å². The molecular formula is C13H16N2O2S. The second-order valence-electron chi connectivity index (χ2n) is 4.26. The maximum absolute atomic E-state index is 12.3. The molecule has 0 aliphatic rings. The van der Waals surface area contributed by atoms with Gasteiger partial charge in [0.25, 0.3) is 5.56 Å². The van der Waals surface area contributed by atoms with Crippen LogP contribution < -0.4 is 5.56 Å². The molecule has 1 aromatic carbocycles. The van der Waals surface area contributed by atoms with Crippen molar-refractivity contribution < 1.29 is 5.11 Å². The Morgan fingerprint density at radius 3 is 2.78 bits per heavy atom. The van der Waals surface area contributed by atoms with E-state index < -0.39 is 0 Å². The van der Waals surface area contributed by atoms with Crippen molar-refractivity contribution >= 4 is 22.7 Å². The summed E-state index contributed by atoms with van der Waals surface area (Å²) in [6.45, 7) is 2.01. The van der Waals surface area contributed by atoms with Gasteiger partial charge in [-0.05, 0) is 36.8 Å². The summed E-state index contributed by atoms with van der Waals surface area (Å²) in [4.78, 5) is 16.8. The van der Waals surface area contributed by atoms with Gasteiger partial charge in [0.1, 0.15) is 0 Å². The van der Waals surface area contributed by atoms with Crippen molar-refractivity contribution in [3.63, 3.8) is 0 Å². The van der Waals surface area contributed by atoms with Crippen molar-refractivity contribution in [3.05, 3.63) is 33.6 Å². The fourth-order valence-electron chi connectivity index (χ4n) is 2.08. The van der Waals surface area contributed by atoms with Crippen LogP contribution in [0, 0.1) is 6.92 Å². The number of benzene rings is 1. The van der Waals surface area contributed by atoms with Crippen LogP contribution in [0.2, 0.25) is 0 Å². The molecule has 2 aromatic rings. The summed E-state index contributed by atoms with van der Waals surface area (Å²) in [5, 5.41) is 10.4. The zero-order valence-electron chi connectivity index (χ0n) is 10.7. The average molecular weight is 264 g/mol. The Morgan fingerprint density at radius 2 is 2.17 bits per heavy atom. The minimum absolute atomic E-state index is 0.0350. The molecule has 1 heterocycles. The van der Waals surface area contributed by atoms with E-state index in [2.05, 4.69) is 4.98 Å². The van der Waals surface area contributed by atoms with Gasteiger partial charge in [-0.15, -0.1) is 0 Å². The minimum atomic E-state index is -0.0350. The first-order valence-corrected chi connectivity index (χ1v) is 6.96. The van der Waals surface area contributed by atoms with Crippen LogP contribution in [0.1, 0.15) is 11.1 Å². The molecule has 4 nitrogen and oxygen atoms in total. The Balaban J connectivity index is 2.87. The van der Waals surface area contributed by atoms with Crippen LogP contribution >= 0.6 is 11.8 Å². The standard InChI is InChI=1S/C13H16N2O2S/c1-8-6-9(4-5-16)11-10(7-8)12(17)15(2)13(14-11)18-3/h6-7,16H,4-5H2,1-3H3. The van der Waals surface area contributed by atoms with Crippen LogP contribution in [-0.2, 0) is 13.5 Å². The third kappa shape index (κ3) is 2.15. The van der Waals surface area contributed by atoms with E-state index in [1.807, 2.05) is 25.3 Å². The monoisotopic (exact) mass is 264 g/mol. The normalized spacial score (nSPS) is 11.1. The maximum Gasteiger partial charge on any atom is 0.261 e. The number of thioether (sulfide) groups is 1. The van der Waals surface area contributed by atoms with Gasteiger partial charge in [0.05, 0.1) is 10.9 Å². The van der Waals surface area contributed by atoms with Crippen LogP contribution in [0.15, 0.2) is 22.1 Å². The lowest BCUT2D eigenvalue weighted by Gasteiger charge is -2.10. The Hall–Kier alpha value is -1.33. The molecule has 1 aromatic heterocycles. The van der Waals surface area contributed by atoms with E-state index in [0.29, 0.717) is 22.5 Å². The molecule has 96 valence electrons. The third-order valence-corrected chi connectivity index (χ3v) is 3.66. The number of hydrogen-bond donors (Lipinski definition) is 1. The zero-order chi connectivity index (χ0) is 13.3. The molecule has 0 saturated carbocycles. The first-order chi connectivity index (χ1) is 8.58. The van der Waals surface area contributed by atoms with Gasteiger partial charge in [-0.25, -0.2) is 4.98 Å². The second kappa shape index (κ2) is 5.12. The van der Waals surface area contributed by atoms with E-state index >= 15 is 0 Å². The summed E-state index contributed by atoms with van der Waals surface area (Å²) in [7, 11) is 1.73. The number of aliphatic hydroxyl groups is 1. The minimum Gasteiger partial charge on any atom is -0.396 e. The van der Waals surface area contributed by atoms with E-state index in [0.717, 1.165) is 11.1 Å². The van der Waals surface area contributed by atoms with Crippen LogP contribution in [0.25, 0.3) is 10.9 Å². The summed E-state index contributed by atoms with van der Waals surface area (Å²) in [5.41, 5.74) is 2.62. The summed E-state index contributed by atoms with van der Waals surface area (Å²) >= 11 is 1.44. The number of aromatic nitrogens is 2. The lowest BCUT2D eigenvalue weighted by atomic mass is 10.0. The molecule has 0 amide bonds. The molecule has 5 heteroatoms. The van der Waals surface area contributed by atoms with Gasteiger partial charge in [-0.2, -0.15) is 0 Å². The number of aryl methyl sites for hydroxylation is 1. The molecular weight excluding hydrogens is 248 g/mol. The van der Waals surface area contributed by atoms with Gasteiger partial charge in [0.15, 0.2) is 5.16 Å². The largest absolute Gasteiger partial charge is 0.396 e. The highest BCUT2D eigenvalue weighted by Crippen LogP contribution is 2.20. The van der Waals surface area contributed by atoms with Crippen molar-refractivity contribution in [3.8, 4) is 0 Å². The Labute approximate surface area is 110 Å². The van der Waals surface area contributed by atoms with E-state index in [-0.39, 0.29) is 12.2 Å². The molecule has 0 unspecified atom stereocenters. The number of nitrogens with zero attached hydrogens (tertiary/aromatic N) is 2. The smallest absolute Gasteiger partial charge is 0.261 e. The van der Waals surface area contributed by atoms with Crippen molar-refractivity contribution in [2.45, 2.75) is 18.5 Å². The molecule has 2 rings (SSSR count). The Kier molecular flexibility index (Phi) is 3.73. The highest BCUT2D eigenvalue weighted by Gasteiger charge is 2.11. The van der Waals surface area contributed by atoms with E-state index in [1.165, 1.54) is 11.8 Å². The third-order valence-electron chi connectivity index (χ3n) is 2.93. The Bertz CT molecular complexity index is 649. The quantitative estimate of drug-likeness (QED) is 0.674. The van der Waals surface area contributed by atoms with Gasteiger partial charge in [0, 0.05) is 13.7 Å². The summed E-state index contributed by atoms with van der Waals surface area (Å²) in [6.07, 6.45) is 2.42. The van der Waals surface area contributed by atoms with E-state index in [1.54, 1.807) is 11.6 Å². The van der Waals surface area contributed by atoms with Gasteiger partial charge in [-0.3, -0.25) is 9.36 Å². The summed E-state index contributed by atoms with van der Waals surface area (Å²) in [5.74, 6) is 0. The van der Waals surface area contributed by atoms with Crippen molar-refractivity contribution in [2.24, 2.45) is 7.05 Å². The number of hydrogen-bond acceptors (Lipinski definition) is 4. The molecule has 0 bridgehead atoms. The number of rotatable bonds is 3. The molecule has 18 heavy (non-hydrogen) atoms. The SMILES string of the molecule is CSc1nc2c(CCO)cc(C)cc2c(=O)n1C. The van der Waals surface area contributed by atoms with Gasteiger partial charge < -0.3 is 5.11 Å². The average Bonchev–Trinajstić information content (AvgIpc) is 2.35. The highest BCUT2D eigenvalue weighted by molar-refractivity contribution is 7.98. The van der Waals surface area contributed by atoms with Gasteiger partial charge in [0.2, 0.25) is 0 Å². The van der Waals surface area contributed by atoms with Crippen LogP contribution in [0.5, 0.6) is 0 Å². The first kappa shape index (κ1) is 13.1. The summed E-state index contributed by atoms with van der Waals surface area (Å²) in [6, 6.07) is 3.84. The van der Waals surface area contributed by atoms with E-state index in [4.69, 9.17) is 5.11 Å². The van der Waals surface area contributed by atoms with E-state index in [9.17, 15) is 4.79 Å². The summed E-state index contributed by atoms with van der Waals surface area (Å²) < 4.78 is 1.56. The van der Waals surface area contributed by atoms with Crippen LogP contribution in [0.3, 0.4) is 0 Å². The van der Waals surface area contributed by atoms with Gasteiger partial charge in [-0.1, -0.05) is 17.8 Å². The highest BCUT2D eigenvalue weighted by atomic mass is 32.2. The fraction of sp³-hybridized carbons (Fsp3) is 0.385. The first-order valence-electron chi connectivity index (χ1n) is 5.73. The molecule has 1 N–H and O–H groups in total. The van der Waals surface area contributed by atoms with Crippen molar-refractivity contribution in [2.75, 3.05) is 12.9 Å². The molecule has 0 aliphatic carbocycles. The molecule has 0 saturated heterocycles. The van der Waals surface area contributed by atoms with Gasteiger partial charge >= 0.3 is 0 Å². The van der Waals surface area contributed by atoms with Crippen LogP contribution in [0.4, 0.5) is 0 Å². The predicted octanol–water partition coefficient (Wildman–Crippen LogP) is 1.50. The zero-order valence-corrected chi connectivity index (χ0v) is 11.5. The number of aliphatic hydroxyl groups excluding tert-OH is 1. The lowest BCUT2D eigenvalue weighted by Crippen LogP contribution is -2.20. The Morgan fingerprint density at radius 1 is 1.44 bits per heavy atom. The second-order valence-corrected chi connectivity index (χ2v) is 5.03. The molecule has 0 spiro atoms. The fourth-order valence-corrected chi connectivity index (χ4v) is 2.62. The molecule has 0 atom stereocenters. The maximum atomic E-state index is 12.3. The molecule has 0 radical (unpaired) electrons. The van der Waals surface area contributed by atoms with Crippen LogP contribution in [-0.4, -0.2) is 27.5 Å². The molecule has 0 fully saturated rings. The lowest BCUT2D eigenvalue weighted by molar-refractivity contribution is 0.300. The predicted molar refractivity (Wildman–Crippen MR) is 74.3 cm³/mol.